The predicted molar refractivity (Wildman–Crippen MR) is 65.2 cm³/mol. The Morgan fingerprint density at radius 1 is 1.21 bits per heavy atom. The molecule has 7 heteroatoms. The van der Waals surface area contributed by atoms with Crippen LogP contribution in [0.3, 0.4) is 0 Å². The number of hydrogen-bond donors (Lipinski definition) is 2. The zero-order chi connectivity index (χ0) is 13.9. The standard InChI is InChI=1S/C12H11F3N4/c13-12(14,15)11-5-10(9(16)7-19-11)18-6-8-1-3-17-4-2-8/h1-5,7H,6,16H2,(H,18,19). The van der Waals surface area contributed by atoms with E-state index in [2.05, 4.69) is 15.3 Å². The Morgan fingerprint density at radius 3 is 2.53 bits per heavy atom. The number of alkyl halides is 3. The number of halogens is 3. The smallest absolute Gasteiger partial charge is 0.396 e. The summed E-state index contributed by atoms with van der Waals surface area (Å²) >= 11 is 0. The Kier molecular flexibility index (Phi) is 3.55. The van der Waals surface area contributed by atoms with E-state index < -0.39 is 11.9 Å². The van der Waals surface area contributed by atoms with Gasteiger partial charge in [-0.3, -0.25) is 4.98 Å². The Bertz CT molecular complexity index is 555. The van der Waals surface area contributed by atoms with Gasteiger partial charge in [-0.15, -0.1) is 0 Å². The lowest BCUT2D eigenvalue weighted by Gasteiger charge is -2.12. The molecule has 0 amide bonds. The van der Waals surface area contributed by atoms with Gasteiger partial charge in [-0.1, -0.05) is 0 Å². The van der Waals surface area contributed by atoms with Gasteiger partial charge in [-0.25, -0.2) is 4.98 Å². The van der Waals surface area contributed by atoms with Crippen LogP contribution in [0.25, 0.3) is 0 Å². The molecule has 2 rings (SSSR count). The fourth-order valence-corrected chi connectivity index (χ4v) is 1.47. The third-order valence-electron chi connectivity index (χ3n) is 2.46. The lowest BCUT2D eigenvalue weighted by atomic mass is 10.2. The van der Waals surface area contributed by atoms with Gasteiger partial charge in [0.05, 0.1) is 17.6 Å². The van der Waals surface area contributed by atoms with Crippen LogP contribution < -0.4 is 11.1 Å². The van der Waals surface area contributed by atoms with Crippen LogP contribution in [0, 0.1) is 0 Å². The number of anilines is 2. The van der Waals surface area contributed by atoms with E-state index in [0.717, 1.165) is 17.8 Å². The molecular weight excluding hydrogens is 257 g/mol. The van der Waals surface area contributed by atoms with Crippen molar-refractivity contribution in [2.45, 2.75) is 12.7 Å². The average molecular weight is 268 g/mol. The molecule has 3 N–H and O–H groups in total. The number of nitrogens with two attached hydrogens (primary N) is 1. The number of nitrogens with one attached hydrogen (secondary N) is 1. The Balaban J connectivity index is 2.16. The molecule has 2 aromatic rings. The second-order valence-electron chi connectivity index (χ2n) is 3.86. The molecule has 4 nitrogen and oxygen atoms in total. The molecule has 0 unspecified atom stereocenters. The molecule has 0 aliphatic heterocycles. The van der Waals surface area contributed by atoms with E-state index in [-0.39, 0.29) is 11.4 Å². The van der Waals surface area contributed by atoms with E-state index >= 15 is 0 Å². The van der Waals surface area contributed by atoms with Crippen molar-refractivity contribution < 1.29 is 13.2 Å². The van der Waals surface area contributed by atoms with Gasteiger partial charge in [0, 0.05) is 18.9 Å². The summed E-state index contributed by atoms with van der Waals surface area (Å²) in [6, 6.07) is 4.42. The highest BCUT2D eigenvalue weighted by atomic mass is 19.4. The molecular formula is C12H11F3N4. The lowest BCUT2D eigenvalue weighted by Crippen LogP contribution is -2.10. The maximum absolute atomic E-state index is 12.5. The second-order valence-corrected chi connectivity index (χ2v) is 3.86. The van der Waals surface area contributed by atoms with Crippen LogP contribution in [0.2, 0.25) is 0 Å². The third kappa shape index (κ3) is 3.34. The normalized spacial score (nSPS) is 11.3. The molecule has 0 spiro atoms. The first-order chi connectivity index (χ1) is 8.97. The number of aromatic nitrogens is 2. The van der Waals surface area contributed by atoms with Crippen LogP contribution in [-0.4, -0.2) is 9.97 Å². The maximum Gasteiger partial charge on any atom is 0.433 e. The fourth-order valence-electron chi connectivity index (χ4n) is 1.47. The minimum absolute atomic E-state index is 0.169. The summed E-state index contributed by atoms with van der Waals surface area (Å²) in [7, 11) is 0. The van der Waals surface area contributed by atoms with E-state index in [1.54, 1.807) is 24.5 Å². The number of hydrogen-bond acceptors (Lipinski definition) is 4. The van der Waals surface area contributed by atoms with Crippen LogP contribution in [-0.2, 0) is 12.7 Å². The van der Waals surface area contributed by atoms with Crippen molar-refractivity contribution in [1.29, 1.82) is 0 Å². The molecule has 19 heavy (non-hydrogen) atoms. The molecule has 0 bridgehead atoms. The van der Waals surface area contributed by atoms with Crippen molar-refractivity contribution in [3.63, 3.8) is 0 Å². The first-order valence-electron chi connectivity index (χ1n) is 5.42. The zero-order valence-corrected chi connectivity index (χ0v) is 9.78. The molecule has 0 saturated carbocycles. The predicted octanol–water partition coefficient (Wildman–Crippen LogP) is 2.69. The van der Waals surface area contributed by atoms with E-state index in [4.69, 9.17) is 5.73 Å². The van der Waals surface area contributed by atoms with Crippen molar-refractivity contribution in [3.05, 3.63) is 48.0 Å². The Hall–Kier alpha value is -2.31. The van der Waals surface area contributed by atoms with Gasteiger partial charge < -0.3 is 11.1 Å². The van der Waals surface area contributed by atoms with Gasteiger partial charge in [-0.2, -0.15) is 13.2 Å². The molecule has 2 heterocycles. The Morgan fingerprint density at radius 2 is 1.89 bits per heavy atom. The zero-order valence-electron chi connectivity index (χ0n) is 9.78. The van der Waals surface area contributed by atoms with Crippen molar-refractivity contribution in [2.75, 3.05) is 11.1 Å². The van der Waals surface area contributed by atoms with Crippen molar-refractivity contribution in [2.24, 2.45) is 0 Å². The summed E-state index contributed by atoms with van der Waals surface area (Å²) in [5.74, 6) is 0. The molecule has 0 aliphatic carbocycles. The fraction of sp³-hybridized carbons (Fsp3) is 0.167. The van der Waals surface area contributed by atoms with E-state index in [0.29, 0.717) is 6.54 Å². The third-order valence-corrected chi connectivity index (χ3v) is 2.46. The Labute approximate surface area is 107 Å². The molecule has 0 aliphatic rings. The average Bonchev–Trinajstić information content (AvgIpc) is 2.37. The topological polar surface area (TPSA) is 63.8 Å². The van der Waals surface area contributed by atoms with Crippen molar-refractivity contribution in [1.82, 2.24) is 9.97 Å². The SMILES string of the molecule is Nc1cnc(C(F)(F)F)cc1NCc1ccncc1. The van der Waals surface area contributed by atoms with Crippen LogP contribution in [0.1, 0.15) is 11.3 Å². The largest absolute Gasteiger partial charge is 0.433 e. The minimum atomic E-state index is -4.49. The van der Waals surface area contributed by atoms with Crippen LogP contribution in [0.5, 0.6) is 0 Å². The highest BCUT2D eigenvalue weighted by Crippen LogP contribution is 2.31. The first-order valence-corrected chi connectivity index (χ1v) is 5.42. The van der Waals surface area contributed by atoms with Gasteiger partial charge in [0.15, 0.2) is 0 Å². The second kappa shape index (κ2) is 5.13. The summed E-state index contributed by atoms with van der Waals surface area (Å²) in [4.78, 5) is 7.12. The monoisotopic (exact) mass is 268 g/mol. The number of nitrogens with zero attached hydrogens (tertiary/aromatic N) is 2. The first kappa shape index (κ1) is 13.1. The minimum Gasteiger partial charge on any atom is -0.396 e. The summed E-state index contributed by atoms with van der Waals surface area (Å²) in [6.45, 7) is 0.355. The molecule has 2 aromatic heterocycles. The van der Waals surface area contributed by atoms with E-state index in [1.165, 1.54) is 0 Å². The summed E-state index contributed by atoms with van der Waals surface area (Å²) in [5.41, 5.74) is 5.88. The number of pyridine rings is 2. The summed E-state index contributed by atoms with van der Waals surface area (Å²) in [5, 5.41) is 2.85. The maximum atomic E-state index is 12.5. The van der Waals surface area contributed by atoms with Gasteiger partial charge in [0.25, 0.3) is 0 Å². The van der Waals surface area contributed by atoms with Crippen LogP contribution in [0.4, 0.5) is 24.5 Å². The molecule has 0 aromatic carbocycles. The van der Waals surface area contributed by atoms with E-state index in [9.17, 15) is 13.2 Å². The van der Waals surface area contributed by atoms with Gasteiger partial charge in [0.2, 0.25) is 0 Å². The van der Waals surface area contributed by atoms with Crippen LogP contribution in [0.15, 0.2) is 36.8 Å². The molecule has 100 valence electrons. The highest BCUT2D eigenvalue weighted by molar-refractivity contribution is 5.65. The van der Waals surface area contributed by atoms with Gasteiger partial charge in [-0.05, 0) is 23.8 Å². The molecule has 0 saturated heterocycles. The summed E-state index contributed by atoms with van der Waals surface area (Å²) < 4.78 is 37.6. The quantitative estimate of drug-likeness (QED) is 0.898. The van der Waals surface area contributed by atoms with Gasteiger partial charge in [0.1, 0.15) is 5.69 Å². The number of nitrogen functional groups attached to an aromatic ring is 1. The van der Waals surface area contributed by atoms with Crippen molar-refractivity contribution >= 4 is 11.4 Å². The highest BCUT2D eigenvalue weighted by Gasteiger charge is 2.32. The summed E-state index contributed by atoms with van der Waals surface area (Å²) in [6.07, 6.45) is -0.277. The molecule has 0 radical (unpaired) electrons. The van der Waals surface area contributed by atoms with E-state index in [1.807, 2.05) is 0 Å². The van der Waals surface area contributed by atoms with Gasteiger partial charge >= 0.3 is 6.18 Å². The molecule has 0 atom stereocenters. The van der Waals surface area contributed by atoms with Crippen LogP contribution >= 0.6 is 0 Å². The molecule has 0 fully saturated rings. The number of rotatable bonds is 3. The van der Waals surface area contributed by atoms with Crippen molar-refractivity contribution in [3.8, 4) is 0 Å². The lowest BCUT2D eigenvalue weighted by molar-refractivity contribution is -0.141.